The molecule has 0 aromatic rings. The summed E-state index contributed by atoms with van der Waals surface area (Å²) >= 11 is 0. The maximum absolute atomic E-state index is 10.6. The number of Topliss-reactive ketones (excluding diaryl/α,β-unsaturated/α-hetero) is 1. The van der Waals surface area contributed by atoms with Crippen molar-refractivity contribution < 1.29 is 24.9 Å². The minimum absolute atomic E-state index is 0.247. The summed E-state index contributed by atoms with van der Waals surface area (Å²) in [4.78, 5) is 10.6. The van der Waals surface area contributed by atoms with Crippen LogP contribution in [0.15, 0.2) is 0 Å². The minimum atomic E-state index is -1.42. The smallest absolute Gasteiger partial charge is 0.189 e. The van der Waals surface area contributed by atoms with E-state index in [1.165, 1.54) is 0 Å². The lowest BCUT2D eigenvalue weighted by atomic mass is 10.0. The Bertz CT molecular complexity index is 157. The van der Waals surface area contributed by atoms with Gasteiger partial charge in [0.1, 0.15) is 24.9 Å². The lowest BCUT2D eigenvalue weighted by Crippen LogP contribution is -2.51. The van der Waals surface area contributed by atoms with Crippen LogP contribution >= 0.6 is 0 Å². The van der Waals surface area contributed by atoms with Gasteiger partial charge in [-0.15, -0.1) is 0 Å². The van der Waals surface area contributed by atoms with Crippen LogP contribution in [0.5, 0.6) is 0 Å². The number of carbonyl (C=O) groups excluding carboxylic acids is 1. The second-order valence-corrected chi connectivity index (χ2v) is 2.43. The molecule has 3 N–H and O–H groups in total. The van der Waals surface area contributed by atoms with Gasteiger partial charge in [0.05, 0.1) is 6.61 Å². The highest BCUT2D eigenvalue weighted by molar-refractivity contribution is 5.85. The first-order valence-corrected chi connectivity index (χ1v) is 3.28. The zero-order valence-corrected chi connectivity index (χ0v) is 5.80. The molecule has 64 valence electrons. The number of rotatable bonds is 1. The summed E-state index contributed by atoms with van der Waals surface area (Å²) in [6.07, 6.45) is -3.56. The van der Waals surface area contributed by atoms with Crippen molar-refractivity contribution in [2.45, 2.75) is 18.3 Å². The normalized spacial score (nSPS) is 39.2. The Hall–Kier alpha value is -0.490. The Morgan fingerprint density at radius 2 is 2.18 bits per heavy atom. The number of hydrogen-bond acceptors (Lipinski definition) is 5. The average Bonchev–Trinajstić information content (AvgIpc) is 2.01. The van der Waals surface area contributed by atoms with Gasteiger partial charge < -0.3 is 20.1 Å². The Morgan fingerprint density at radius 3 is 2.73 bits per heavy atom. The summed E-state index contributed by atoms with van der Waals surface area (Å²) in [5, 5.41) is 26.6. The molecule has 0 aromatic heterocycles. The molecule has 0 amide bonds. The summed E-state index contributed by atoms with van der Waals surface area (Å²) in [5.41, 5.74) is 0. The van der Waals surface area contributed by atoms with Crippen LogP contribution in [0, 0.1) is 0 Å². The van der Waals surface area contributed by atoms with E-state index in [4.69, 9.17) is 20.1 Å². The van der Waals surface area contributed by atoms with Crippen molar-refractivity contribution in [3.05, 3.63) is 0 Å². The van der Waals surface area contributed by atoms with E-state index in [1.807, 2.05) is 0 Å². The highest BCUT2D eigenvalue weighted by Crippen LogP contribution is 2.11. The van der Waals surface area contributed by atoms with Crippen molar-refractivity contribution in [2.24, 2.45) is 0 Å². The fraction of sp³-hybridized carbons (Fsp3) is 0.833. The van der Waals surface area contributed by atoms with E-state index < -0.39 is 30.7 Å². The van der Waals surface area contributed by atoms with Gasteiger partial charge in [-0.1, -0.05) is 0 Å². The van der Waals surface area contributed by atoms with Gasteiger partial charge in [0.25, 0.3) is 0 Å². The Morgan fingerprint density at radius 1 is 1.55 bits per heavy atom. The van der Waals surface area contributed by atoms with Crippen LogP contribution in [-0.2, 0) is 9.53 Å². The van der Waals surface area contributed by atoms with Crippen LogP contribution in [0.4, 0.5) is 0 Å². The molecule has 1 fully saturated rings. The predicted molar refractivity (Wildman–Crippen MR) is 33.8 cm³/mol. The Balaban J connectivity index is 2.59. The average molecular weight is 162 g/mol. The molecule has 0 saturated carbocycles. The van der Waals surface area contributed by atoms with Crippen LogP contribution in [0.2, 0.25) is 0 Å². The van der Waals surface area contributed by atoms with Gasteiger partial charge in [0.15, 0.2) is 5.78 Å². The molecular formula is C6H10O5. The highest BCUT2D eigenvalue weighted by atomic mass is 16.5. The van der Waals surface area contributed by atoms with Gasteiger partial charge in [-0.05, 0) is 0 Å². The van der Waals surface area contributed by atoms with E-state index in [9.17, 15) is 4.79 Å². The first kappa shape index (κ1) is 8.61. The van der Waals surface area contributed by atoms with Gasteiger partial charge in [-0.2, -0.15) is 0 Å². The van der Waals surface area contributed by atoms with E-state index in [2.05, 4.69) is 0 Å². The van der Waals surface area contributed by atoms with Crippen LogP contribution in [0.1, 0.15) is 0 Å². The number of aliphatic hydroxyl groups is 3. The standard InChI is InChI=1S/C6H10O5/c7-1-4-6(10)5(9)3(8)2-11-4/h4-7,9-10H,1-2H2/t4?,5-,6-/m1/s1. The number of hydrogen-bond donors (Lipinski definition) is 3. The van der Waals surface area contributed by atoms with Crippen LogP contribution < -0.4 is 0 Å². The first-order valence-electron chi connectivity index (χ1n) is 3.28. The summed E-state index contributed by atoms with van der Waals surface area (Å²) in [6.45, 7) is -0.644. The van der Waals surface area contributed by atoms with E-state index in [1.54, 1.807) is 0 Å². The third-order valence-corrected chi connectivity index (χ3v) is 1.65. The van der Waals surface area contributed by atoms with Gasteiger partial charge in [0, 0.05) is 0 Å². The van der Waals surface area contributed by atoms with Crippen molar-refractivity contribution in [3.63, 3.8) is 0 Å². The molecule has 1 heterocycles. The summed E-state index contributed by atoms with van der Waals surface area (Å²) < 4.78 is 4.71. The van der Waals surface area contributed by atoms with Gasteiger partial charge >= 0.3 is 0 Å². The molecule has 0 radical (unpaired) electrons. The molecule has 3 atom stereocenters. The molecule has 11 heavy (non-hydrogen) atoms. The molecule has 0 aliphatic carbocycles. The zero-order valence-electron chi connectivity index (χ0n) is 5.80. The van der Waals surface area contributed by atoms with Crippen LogP contribution in [0.3, 0.4) is 0 Å². The van der Waals surface area contributed by atoms with E-state index in [0.29, 0.717) is 0 Å². The largest absolute Gasteiger partial charge is 0.394 e. The Labute approximate surface area is 63.2 Å². The van der Waals surface area contributed by atoms with Crippen LogP contribution in [0.25, 0.3) is 0 Å². The highest BCUT2D eigenvalue weighted by Gasteiger charge is 2.36. The molecular weight excluding hydrogens is 152 g/mol. The molecule has 1 saturated heterocycles. The number of ether oxygens (including phenoxy) is 1. The maximum atomic E-state index is 10.6. The number of aliphatic hydroxyl groups excluding tert-OH is 3. The zero-order chi connectivity index (χ0) is 8.43. The first-order chi connectivity index (χ1) is 5.16. The van der Waals surface area contributed by atoms with E-state index >= 15 is 0 Å². The lowest BCUT2D eigenvalue weighted by Gasteiger charge is -2.29. The topological polar surface area (TPSA) is 87.0 Å². The molecule has 1 aliphatic heterocycles. The summed E-state index contributed by atoms with van der Waals surface area (Å²) in [6, 6.07) is 0. The van der Waals surface area contributed by atoms with Crippen molar-refractivity contribution in [1.29, 1.82) is 0 Å². The maximum Gasteiger partial charge on any atom is 0.189 e. The minimum Gasteiger partial charge on any atom is -0.394 e. The molecule has 5 heteroatoms. The van der Waals surface area contributed by atoms with Crippen LogP contribution in [-0.4, -0.2) is 52.6 Å². The summed E-state index contributed by atoms with van der Waals surface area (Å²) in [7, 11) is 0. The van der Waals surface area contributed by atoms with Gasteiger partial charge in [0.2, 0.25) is 0 Å². The van der Waals surface area contributed by atoms with Crippen molar-refractivity contribution >= 4 is 5.78 Å². The predicted octanol–water partition coefficient (Wildman–Crippen LogP) is -2.33. The molecule has 0 spiro atoms. The molecule has 1 unspecified atom stereocenters. The van der Waals surface area contributed by atoms with E-state index in [0.717, 1.165) is 0 Å². The van der Waals surface area contributed by atoms with E-state index in [-0.39, 0.29) is 6.61 Å². The second-order valence-electron chi connectivity index (χ2n) is 2.43. The van der Waals surface area contributed by atoms with Crippen molar-refractivity contribution in [3.8, 4) is 0 Å². The molecule has 1 aliphatic rings. The van der Waals surface area contributed by atoms with Crippen molar-refractivity contribution in [1.82, 2.24) is 0 Å². The molecule has 0 aromatic carbocycles. The molecule has 5 nitrogen and oxygen atoms in total. The fourth-order valence-corrected chi connectivity index (χ4v) is 0.928. The SMILES string of the molecule is O=C1COC(CO)[C@@H](O)[C@@H]1O. The van der Waals surface area contributed by atoms with Gasteiger partial charge in [-0.25, -0.2) is 0 Å². The lowest BCUT2D eigenvalue weighted by molar-refractivity contribution is -0.170. The molecule has 1 rings (SSSR count). The summed E-state index contributed by atoms with van der Waals surface area (Å²) in [5.74, 6) is -0.554. The quantitative estimate of drug-likeness (QED) is 0.402. The third kappa shape index (κ3) is 1.57. The van der Waals surface area contributed by atoms with Gasteiger partial charge in [-0.3, -0.25) is 4.79 Å². The number of carbonyl (C=O) groups is 1. The molecule has 0 bridgehead atoms. The number of ketones is 1. The monoisotopic (exact) mass is 162 g/mol. The fourth-order valence-electron chi connectivity index (χ4n) is 0.928. The Kier molecular flexibility index (Phi) is 2.56. The van der Waals surface area contributed by atoms with Crippen molar-refractivity contribution in [2.75, 3.05) is 13.2 Å². The third-order valence-electron chi connectivity index (χ3n) is 1.65. The second kappa shape index (κ2) is 3.27.